The van der Waals surface area contributed by atoms with Gasteiger partial charge < -0.3 is 5.11 Å². The Morgan fingerprint density at radius 3 is 2.31 bits per heavy atom. The molecule has 2 heteroatoms. The van der Waals surface area contributed by atoms with Crippen molar-refractivity contribution in [3.63, 3.8) is 0 Å². The van der Waals surface area contributed by atoms with Gasteiger partial charge in [-0.2, -0.15) is 0 Å². The van der Waals surface area contributed by atoms with E-state index in [1.807, 2.05) is 0 Å². The summed E-state index contributed by atoms with van der Waals surface area (Å²) in [4.78, 5) is 10.9. The van der Waals surface area contributed by atoms with Gasteiger partial charge in [-0.15, -0.1) is 26.0 Å². The number of hydrogen-bond acceptors (Lipinski definition) is 1. The summed E-state index contributed by atoms with van der Waals surface area (Å²) in [6.07, 6.45) is 25.0. The van der Waals surface area contributed by atoms with E-state index in [0.717, 1.165) is 42.4 Å². The average Bonchev–Trinajstić information content (AvgIpc) is 3.07. The molecule has 0 radical (unpaired) electrons. The van der Waals surface area contributed by atoms with Crippen molar-refractivity contribution in [1.82, 2.24) is 0 Å². The molecule has 1 N–H and O–H groups in total. The van der Waals surface area contributed by atoms with Crippen LogP contribution in [0.1, 0.15) is 97.3 Å². The van der Waals surface area contributed by atoms with Crippen LogP contribution >= 0.6 is 0 Å². The van der Waals surface area contributed by atoms with Crippen LogP contribution in [0.3, 0.4) is 0 Å². The minimum atomic E-state index is -0.619. The fraction of sp³-hybridized carbons (Fsp3) is 0.815. The van der Waals surface area contributed by atoms with Gasteiger partial charge in [-0.1, -0.05) is 26.7 Å². The van der Waals surface area contributed by atoms with Crippen molar-refractivity contribution < 1.29 is 9.90 Å². The van der Waals surface area contributed by atoms with Crippen LogP contribution < -0.4 is 0 Å². The first-order valence-corrected chi connectivity index (χ1v) is 12.0. The molecule has 4 rings (SSSR count). The molecular formula is C27H44O2. The molecule has 164 valence electrons. The van der Waals surface area contributed by atoms with Crippen molar-refractivity contribution in [2.75, 3.05) is 0 Å². The van der Waals surface area contributed by atoms with Gasteiger partial charge in [0.2, 0.25) is 0 Å². The maximum absolute atomic E-state index is 10.9. The predicted molar refractivity (Wildman–Crippen MR) is 122 cm³/mol. The second-order valence-electron chi connectivity index (χ2n) is 10.5. The molecule has 0 spiro atoms. The van der Waals surface area contributed by atoms with E-state index in [0.29, 0.717) is 17.3 Å². The van der Waals surface area contributed by atoms with Crippen LogP contribution in [0.5, 0.6) is 0 Å². The SMILES string of the molecule is C#C.C=C.C[C@]12CCC3[C@@H](CC[C@@H]4CCCC[C@]34C)C1CCC2CCCC(=O)O. The topological polar surface area (TPSA) is 37.3 Å². The van der Waals surface area contributed by atoms with E-state index in [9.17, 15) is 4.79 Å². The number of carbonyl (C=O) groups is 1. The Morgan fingerprint density at radius 1 is 0.931 bits per heavy atom. The summed E-state index contributed by atoms with van der Waals surface area (Å²) >= 11 is 0. The average molecular weight is 401 g/mol. The number of aliphatic carboxylic acids is 1. The van der Waals surface area contributed by atoms with Gasteiger partial charge in [-0.25, -0.2) is 0 Å². The summed E-state index contributed by atoms with van der Waals surface area (Å²) in [6, 6.07) is 0. The highest BCUT2D eigenvalue weighted by Crippen LogP contribution is 2.67. The van der Waals surface area contributed by atoms with Crippen molar-refractivity contribution in [1.29, 1.82) is 0 Å². The van der Waals surface area contributed by atoms with Crippen LogP contribution in [0.25, 0.3) is 0 Å². The molecule has 0 aromatic carbocycles. The van der Waals surface area contributed by atoms with Crippen LogP contribution in [0.15, 0.2) is 13.2 Å². The zero-order valence-corrected chi connectivity index (χ0v) is 19.0. The van der Waals surface area contributed by atoms with Gasteiger partial charge in [0.05, 0.1) is 0 Å². The van der Waals surface area contributed by atoms with Crippen molar-refractivity contribution in [3.05, 3.63) is 13.2 Å². The molecule has 0 aromatic heterocycles. The Balaban J connectivity index is 0.000000707. The maximum Gasteiger partial charge on any atom is 0.303 e. The predicted octanol–water partition coefficient (Wildman–Crippen LogP) is 7.34. The highest BCUT2D eigenvalue weighted by Gasteiger charge is 2.59. The molecule has 0 heterocycles. The molecule has 0 amide bonds. The summed E-state index contributed by atoms with van der Waals surface area (Å²) in [5.74, 6) is 4.08. The highest BCUT2D eigenvalue weighted by molar-refractivity contribution is 5.66. The van der Waals surface area contributed by atoms with Crippen molar-refractivity contribution in [2.45, 2.75) is 97.3 Å². The third-order valence-corrected chi connectivity index (χ3v) is 9.72. The molecule has 7 atom stereocenters. The first-order valence-electron chi connectivity index (χ1n) is 12.0. The summed E-state index contributed by atoms with van der Waals surface area (Å²) in [5, 5.41) is 8.98. The minimum absolute atomic E-state index is 0.364. The summed E-state index contributed by atoms with van der Waals surface area (Å²) in [5.41, 5.74) is 1.15. The Kier molecular flexibility index (Phi) is 8.45. The van der Waals surface area contributed by atoms with Crippen molar-refractivity contribution in [2.24, 2.45) is 40.4 Å². The molecular weight excluding hydrogens is 356 g/mol. The number of carboxylic acid groups (broad SMARTS) is 1. The van der Waals surface area contributed by atoms with Gasteiger partial charge >= 0.3 is 5.97 Å². The molecule has 29 heavy (non-hydrogen) atoms. The van der Waals surface area contributed by atoms with E-state index in [1.54, 1.807) is 0 Å². The lowest BCUT2D eigenvalue weighted by Crippen LogP contribution is -2.52. The number of hydrogen-bond donors (Lipinski definition) is 1. The van der Waals surface area contributed by atoms with Gasteiger partial charge in [-0.3, -0.25) is 4.79 Å². The van der Waals surface area contributed by atoms with E-state index in [2.05, 4.69) is 39.9 Å². The normalized spacial score (nSPS) is 42.6. The molecule has 4 aliphatic carbocycles. The third-order valence-electron chi connectivity index (χ3n) is 9.72. The molecule has 0 bridgehead atoms. The Hall–Kier alpha value is -1.23. The molecule has 4 aliphatic rings. The van der Waals surface area contributed by atoms with E-state index < -0.39 is 5.97 Å². The van der Waals surface area contributed by atoms with Crippen LogP contribution in [0.4, 0.5) is 0 Å². The zero-order chi connectivity index (χ0) is 21.7. The standard InChI is InChI=1S/C23H38O2.C2H4.C2H2/c1-22-14-4-3-6-16(22)9-11-18-19-12-10-17(7-5-8-21(24)25)23(19,2)15-13-20(18)22;2*1-2/h16-20H,3-15H2,1-2H3,(H,24,25);1-2H2;1-2H/t16-,17?,18-,19?,20?,22-,23+;;/m0../s1. The first kappa shape index (κ1) is 24.0. The lowest BCUT2D eigenvalue weighted by atomic mass is 9.45. The number of fused-ring (bicyclic) bond motifs is 5. The number of carboxylic acids is 1. The van der Waals surface area contributed by atoms with Gasteiger partial charge in [0.25, 0.3) is 0 Å². The van der Waals surface area contributed by atoms with Crippen LogP contribution in [-0.2, 0) is 4.79 Å². The second kappa shape index (κ2) is 10.2. The Bertz CT molecular complexity index is 566. The lowest BCUT2D eigenvalue weighted by Gasteiger charge is -2.60. The quantitative estimate of drug-likeness (QED) is 0.396. The maximum atomic E-state index is 10.9. The fourth-order valence-corrected chi connectivity index (χ4v) is 8.38. The molecule has 0 saturated heterocycles. The zero-order valence-electron chi connectivity index (χ0n) is 19.0. The fourth-order valence-electron chi connectivity index (χ4n) is 8.38. The van der Waals surface area contributed by atoms with Gasteiger partial charge in [0.15, 0.2) is 0 Å². The van der Waals surface area contributed by atoms with E-state index >= 15 is 0 Å². The lowest BCUT2D eigenvalue weighted by molar-refractivity contribution is -0.137. The highest BCUT2D eigenvalue weighted by atomic mass is 16.4. The third kappa shape index (κ3) is 4.45. The van der Waals surface area contributed by atoms with Crippen LogP contribution in [-0.4, -0.2) is 11.1 Å². The molecule has 3 unspecified atom stereocenters. The molecule has 4 fully saturated rings. The van der Waals surface area contributed by atoms with Gasteiger partial charge in [0, 0.05) is 6.42 Å². The van der Waals surface area contributed by atoms with E-state index in [4.69, 9.17) is 5.11 Å². The molecule has 4 saturated carbocycles. The van der Waals surface area contributed by atoms with Gasteiger partial charge in [0.1, 0.15) is 0 Å². The Morgan fingerprint density at radius 2 is 1.62 bits per heavy atom. The van der Waals surface area contributed by atoms with Crippen molar-refractivity contribution in [3.8, 4) is 12.8 Å². The Labute approximate surface area is 179 Å². The minimum Gasteiger partial charge on any atom is -0.481 e. The number of rotatable bonds is 4. The van der Waals surface area contributed by atoms with Gasteiger partial charge in [-0.05, 0) is 105 Å². The second-order valence-corrected chi connectivity index (χ2v) is 10.5. The smallest absolute Gasteiger partial charge is 0.303 e. The first-order chi connectivity index (χ1) is 13.9. The van der Waals surface area contributed by atoms with E-state index in [-0.39, 0.29) is 0 Å². The molecule has 0 aliphatic heterocycles. The van der Waals surface area contributed by atoms with Crippen molar-refractivity contribution >= 4 is 5.97 Å². The molecule has 2 nitrogen and oxygen atoms in total. The molecule has 0 aromatic rings. The van der Waals surface area contributed by atoms with Crippen LogP contribution in [0.2, 0.25) is 0 Å². The largest absolute Gasteiger partial charge is 0.481 e. The van der Waals surface area contributed by atoms with E-state index in [1.165, 1.54) is 64.2 Å². The monoisotopic (exact) mass is 400 g/mol. The van der Waals surface area contributed by atoms with Crippen LogP contribution in [0, 0.1) is 53.3 Å². The summed E-state index contributed by atoms with van der Waals surface area (Å²) in [7, 11) is 0. The summed E-state index contributed by atoms with van der Waals surface area (Å²) < 4.78 is 0. The number of terminal acetylenes is 1. The summed E-state index contributed by atoms with van der Waals surface area (Å²) in [6.45, 7) is 11.2.